The summed E-state index contributed by atoms with van der Waals surface area (Å²) in [4.78, 5) is -0.215. The number of rotatable bonds is 5. The predicted molar refractivity (Wildman–Crippen MR) is 76.6 cm³/mol. The molecule has 1 N–H and O–H groups in total. The molecule has 3 nitrogen and oxygen atoms in total. The van der Waals surface area contributed by atoms with Crippen molar-refractivity contribution in [1.29, 1.82) is 0 Å². The third-order valence-electron chi connectivity index (χ3n) is 2.53. The summed E-state index contributed by atoms with van der Waals surface area (Å²) in [6.45, 7) is 14.4. The number of benzene rings is 1. The van der Waals surface area contributed by atoms with Crippen LogP contribution in [-0.2, 0) is 10.1 Å². The fourth-order valence-corrected chi connectivity index (χ4v) is 2.69. The molecule has 0 unspecified atom stereocenters. The topological polar surface area (TPSA) is 54.4 Å². The van der Waals surface area contributed by atoms with E-state index in [1.165, 1.54) is 18.2 Å². The second-order valence-electron chi connectivity index (χ2n) is 3.50. The van der Waals surface area contributed by atoms with Crippen LogP contribution < -0.4 is 0 Å². The maximum absolute atomic E-state index is 11.5. The maximum atomic E-state index is 11.5. The van der Waals surface area contributed by atoms with Crippen molar-refractivity contribution in [3.63, 3.8) is 0 Å². The first-order chi connectivity index (χ1) is 8.40. The molecule has 0 spiro atoms. The van der Waals surface area contributed by atoms with Crippen LogP contribution in [0.5, 0.6) is 0 Å². The molecule has 0 aromatic heterocycles. The van der Waals surface area contributed by atoms with E-state index in [1.807, 2.05) is 0 Å². The first-order valence-electron chi connectivity index (χ1n) is 5.09. The van der Waals surface area contributed by atoms with Gasteiger partial charge in [0.2, 0.25) is 0 Å². The lowest BCUT2D eigenvalue weighted by molar-refractivity contribution is 0.483. The summed E-state index contributed by atoms with van der Waals surface area (Å²) in [6, 6.07) is 1.58. The summed E-state index contributed by atoms with van der Waals surface area (Å²) in [7, 11) is -4.37. The molecule has 0 saturated carbocycles. The zero-order valence-electron chi connectivity index (χ0n) is 9.89. The molecule has 0 amide bonds. The van der Waals surface area contributed by atoms with E-state index < -0.39 is 10.1 Å². The Bertz CT molecular complexity index is 637. The van der Waals surface area contributed by atoms with Crippen molar-refractivity contribution < 1.29 is 13.0 Å². The van der Waals surface area contributed by atoms with Crippen LogP contribution in [0.4, 0.5) is 0 Å². The van der Waals surface area contributed by atoms with Gasteiger partial charge in [-0.2, -0.15) is 8.42 Å². The van der Waals surface area contributed by atoms with Crippen LogP contribution in [0.15, 0.2) is 37.3 Å². The van der Waals surface area contributed by atoms with Gasteiger partial charge in [0.25, 0.3) is 10.1 Å². The van der Waals surface area contributed by atoms with Gasteiger partial charge in [-0.05, 0) is 22.8 Å². The van der Waals surface area contributed by atoms with Gasteiger partial charge < -0.3 is 0 Å². The molecule has 0 atom stereocenters. The summed E-state index contributed by atoms with van der Waals surface area (Å²) < 4.78 is 32.2. The maximum Gasteiger partial charge on any atom is 0.295 e. The minimum atomic E-state index is -4.37. The van der Waals surface area contributed by atoms with Gasteiger partial charge in [0, 0.05) is 5.56 Å². The molecule has 4 heteroatoms. The Hall–Kier alpha value is -1.91. The van der Waals surface area contributed by atoms with Crippen LogP contribution >= 0.6 is 0 Å². The van der Waals surface area contributed by atoms with Crippen molar-refractivity contribution in [1.82, 2.24) is 0 Å². The van der Waals surface area contributed by atoms with E-state index in [4.69, 9.17) is 0 Å². The molecule has 0 radical (unpaired) electrons. The van der Waals surface area contributed by atoms with Crippen LogP contribution in [0.3, 0.4) is 0 Å². The molecule has 0 aliphatic rings. The van der Waals surface area contributed by atoms with Gasteiger partial charge in [0.1, 0.15) is 4.90 Å². The van der Waals surface area contributed by atoms with Crippen molar-refractivity contribution in [3.05, 3.63) is 54.6 Å². The van der Waals surface area contributed by atoms with Gasteiger partial charge in [-0.1, -0.05) is 50.6 Å². The monoisotopic (exact) mass is 262 g/mol. The Morgan fingerprint density at radius 1 is 0.889 bits per heavy atom. The number of hydrogen-bond donors (Lipinski definition) is 1. The van der Waals surface area contributed by atoms with E-state index >= 15 is 0 Å². The highest BCUT2D eigenvalue weighted by Gasteiger charge is 2.21. The lowest BCUT2D eigenvalue weighted by atomic mass is 9.97. The summed E-state index contributed by atoms with van der Waals surface area (Å²) in [5.74, 6) is 0. The molecular weight excluding hydrogens is 248 g/mol. The van der Waals surface area contributed by atoms with Crippen LogP contribution in [0.2, 0.25) is 0 Å². The molecule has 0 heterocycles. The van der Waals surface area contributed by atoms with Crippen LogP contribution in [0.25, 0.3) is 24.3 Å². The van der Waals surface area contributed by atoms with Crippen LogP contribution in [-0.4, -0.2) is 13.0 Å². The lowest BCUT2D eigenvalue weighted by Gasteiger charge is -2.13. The van der Waals surface area contributed by atoms with Crippen molar-refractivity contribution in [3.8, 4) is 0 Å². The zero-order chi connectivity index (χ0) is 13.9. The lowest BCUT2D eigenvalue weighted by Crippen LogP contribution is -2.06. The third-order valence-corrected chi connectivity index (χ3v) is 3.50. The van der Waals surface area contributed by atoms with E-state index in [0.717, 1.165) is 0 Å². The van der Waals surface area contributed by atoms with Crippen molar-refractivity contribution >= 4 is 34.4 Å². The average molecular weight is 262 g/mol. The smallest absolute Gasteiger partial charge is 0.282 e. The minimum absolute atomic E-state index is 0.215. The van der Waals surface area contributed by atoms with Gasteiger partial charge in [0.05, 0.1) is 0 Å². The summed E-state index contributed by atoms with van der Waals surface area (Å²) in [5.41, 5.74) is 1.84. The molecule has 0 aliphatic carbocycles. The van der Waals surface area contributed by atoms with E-state index in [1.54, 1.807) is 12.1 Å². The molecule has 0 fully saturated rings. The summed E-state index contributed by atoms with van der Waals surface area (Å²) >= 11 is 0. The van der Waals surface area contributed by atoms with Gasteiger partial charge >= 0.3 is 0 Å². The zero-order valence-corrected chi connectivity index (χ0v) is 10.7. The van der Waals surface area contributed by atoms with Crippen molar-refractivity contribution in [2.75, 3.05) is 0 Å². The normalized spacial score (nSPS) is 10.7. The van der Waals surface area contributed by atoms with Crippen LogP contribution in [0.1, 0.15) is 22.3 Å². The largest absolute Gasteiger partial charge is 0.295 e. The van der Waals surface area contributed by atoms with E-state index in [0.29, 0.717) is 22.3 Å². The highest BCUT2D eigenvalue weighted by molar-refractivity contribution is 7.86. The molecule has 1 aromatic carbocycles. The third kappa shape index (κ3) is 2.34. The van der Waals surface area contributed by atoms with Gasteiger partial charge in [-0.25, -0.2) is 0 Å². The van der Waals surface area contributed by atoms with Crippen molar-refractivity contribution in [2.45, 2.75) is 4.90 Å². The molecule has 0 aliphatic heterocycles. The summed E-state index contributed by atoms with van der Waals surface area (Å²) in [5, 5.41) is 0. The van der Waals surface area contributed by atoms with E-state index in [-0.39, 0.29) is 4.90 Å². The van der Waals surface area contributed by atoms with E-state index in [9.17, 15) is 13.0 Å². The highest BCUT2D eigenvalue weighted by Crippen LogP contribution is 2.30. The van der Waals surface area contributed by atoms with Crippen LogP contribution in [0, 0.1) is 0 Å². The second-order valence-corrected chi connectivity index (χ2v) is 4.86. The van der Waals surface area contributed by atoms with Gasteiger partial charge in [-0.3, -0.25) is 4.55 Å². The SMILES string of the molecule is C=Cc1cc(C=C)c(S(=O)(=O)O)c(C=C)c1C=C. The Morgan fingerprint density at radius 2 is 1.39 bits per heavy atom. The molecule has 18 heavy (non-hydrogen) atoms. The predicted octanol–water partition coefficient (Wildman–Crippen LogP) is 3.51. The average Bonchev–Trinajstić information content (AvgIpc) is 2.34. The quantitative estimate of drug-likeness (QED) is 0.826. The summed E-state index contributed by atoms with van der Waals surface area (Å²) in [6.07, 6.45) is 5.79. The molecule has 0 saturated heterocycles. The second kappa shape index (κ2) is 5.16. The molecule has 1 aromatic rings. The molecule has 1 rings (SSSR count). The van der Waals surface area contributed by atoms with E-state index in [2.05, 4.69) is 26.3 Å². The fourth-order valence-electron chi connectivity index (χ4n) is 1.78. The standard InChI is InChI=1S/C14H14O3S/c1-5-10-9-11(6-2)14(18(15,16)17)13(8-4)12(10)7-3/h5-9H,1-4H2,(H,15,16,17). The van der Waals surface area contributed by atoms with Gasteiger partial charge in [-0.15, -0.1) is 0 Å². The van der Waals surface area contributed by atoms with Gasteiger partial charge in [0.15, 0.2) is 0 Å². The Labute approximate surface area is 107 Å². The minimum Gasteiger partial charge on any atom is -0.282 e. The number of hydrogen-bond acceptors (Lipinski definition) is 2. The Morgan fingerprint density at radius 3 is 1.72 bits per heavy atom. The first-order valence-corrected chi connectivity index (χ1v) is 6.53. The molecule has 94 valence electrons. The molecular formula is C14H14O3S. The first kappa shape index (κ1) is 14.2. The Balaban J connectivity index is 4.02. The molecule has 0 bridgehead atoms. The highest BCUT2D eigenvalue weighted by atomic mass is 32.2. The Kier molecular flexibility index (Phi) is 4.06. The fraction of sp³-hybridized carbons (Fsp3) is 0. The van der Waals surface area contributed by atoms with Crippen molar-refractivity contribution in [2.24, 2.45) is 0 Å².